The average Bonchev–Trinajstić information content (AvgIpc) is 2.95. The highest BCUT2D eigenvalue weighted by atomic mass is 32.2. The van der Waals surface area contributed by atoms with Crippen molar-refractivity contribution in [2.24, 2.45) is 7.05 Å². The molecule has 2 heterocycles. The fourth-order valence-electron chi connectivity index (χ4n) is 3.55. The number of aromatic nitrogens is 1. The van der Waals surface area contributed by atoms with Crippen molar-refractivity contribution in [3.8, 4) is 0 Å². The second-order valence-electron chi connectivity index (χ2n) is 6.85. The summed E-state index contributed by atoms with van der Waals surface area (Å²) in [6.45, 7) is 2.84. The molecule has 1 saturated heterocycles. The van der Waals surface area contributed by atoms with Crippen molar-refractivity contribution in [2.75, 3.05) is 13.1 Å². The summed E-state index contributed by atoms with van der Waals surface area (Å²) in [5.74, 6) is -0.570. The molecule has 8 nitrogen and oxygen atoms in total. The summed E-state index contributed by atoms with van der Waals surface area (Å²) in [4.78, 5) is 25.9. The Morgan fingerprint density at radius 1 is 1.33 bits per heavy atom. The number of benzene rings is 1. The Labute approximate surface area is 158 Å². The standard InChI is InChI=1S/C18H25N3O5S/c1-3-13-6-4-5-11-21(13)17(22)9-10-19-27(24,25)14-7-8-15-16(12-14)26-18(23)20(15)2/h7-8,12-13,19H,3-6,9-11H2,1-2H3/t13-/m1/s1. The highest BCUT2D eigenvalue weighted by Gasteiger charge is 2.25. The van der Waals surface area contributed by atoms with Crippen molar-refractivity contribution in [1.82, 2.24) is 14.2 Å². The maximum Gasteiger partial charge on any atom is 0.419 e. The normalized spacial score (nSPS) is 18.1. The number of carbonyl (C=O) groups excluding carboxylic acids is 1. The third kappa shape index (κ3) is 4.08. The lowest BCUT2D eigenvalue weighted by Crippen LogP contribution is -2.44. The number of sulfonamides is 1. The van der Waals surface area contributed by atoms with Gasteiger partial charge in [0.1, 0.15) is 0 Å². The number of hydrogen-bond donors (Lipinski definition) is 1. The van der Waals surface area contributed by atoms with Gasteiger partial charge in [0.05, 0.1) is 10.4 Å². The summed E-state index contributed by atoms with van der Waals surface area (Å²) in [6, 6.07) is 4.52. The van der Waals surface area contributed by atoms with Gasteiger partial charge >= 0.3 is 5.76 Å². The van der Waals surface area contributed by atoms with Crippen LogP contribution in [0.2, 0.25) is 0 Å². The van der Waals surface area contributed by atoms with Crippen molar-refractivity contribution < 1.29 is 17.6 Å². The number of rotatable bonds is 6. The molecule has 148 valence electrons. The van der Waals surface area contributed by atoms with Gasteiger partial charge in [0, 0.05) is 38.7 Å². The van der Waals surface area contributed by atoms with Gasteiger partial charge in [0.2, 0.25) is 15.9 Å². The zero-order chi connectivity index (χ0) is 19.6. The molecule has 3 rings (SSSR count). The van der Waals surface area contributed by atoms with Crippen LogP contribution in [-0.2, 0) is 21.9 Å². The number of nitrogens with zero attached hydrogens (tertiary/aromatic N) is 2. The Hall–Kier alpha value is -2.13. The van der Waals surface area contributed by atoms with E-state index in [-0.39, 0.29) is 35.4 Å². The minimum Gasteiger partial charge on any atom is -0.408 e. The average molecular weight is 395 g/mol. The molecule has 1 amide bonds. The SMILES string of the molecule is CC[C@@H]1CCCCN1C(=O)CCNS(=O)(=O)c1ccc2c(c1)oc(=O)n2C. The number of nitrogens with one attached hydrogen (secondary N) is 1. The Morgan fingerprint density at radius 2 is 2.11 bits per heavy atom. The quantitative estimate of drug-likeness (QED) is 0.800. The first kappa shape index (κ1) is 19.6. The minimum absolute atomic E-state index is 0.00112. The number of oxazole rings is 1. The number of aryl methyl sites for hydroxylation is 1. The predicted molar refractivity (Wildman–Crippen MR) is 101 cm³/mol. The molecular weight excluding hydrogens is 370 g/mol. The van der Waals surface area contributed by atoms with E-state index in [1.165, 1.54) is 22.8 Å². The maximum absolute atomic E-state index is 12.5. The van der Waals surface area contributed by atoms with Crippen LogP contribution >= 0.6 is 0 Å². The molecule has 1 aromatic carbocycles. The molecule has 1 N–H and O–H groups in total. The second-order valence-corrected chi connectivity index (χ2v) is 8.62. The Kier molecular flexibility index (Phi) is 5.71. The first-order valence-electron chi connectivity index (χ1n) is 9.22. The Balaban J connectivity index is 1.64. The second kappa shape index (κ2) is 7.85. The molecule has 0 radical (unpaired) electrons. The highest BCUT2D eigenvalue weighted by molar-refractivity contribution is 7.89. The van der Waals surface area contributed by atoms with Gasteiger partial charge in [-0.05, 0) is 37.8 Å². The van der Waals surface area contributed by atoms with Crippen LogP contribution in [0.25, 0.3) is 11.1 Å². The topological polar surface area (TPSA) is 102 Å². The summed E-state index contributed by atoms with van der Waals surface area (Å²) < 4.78 is 33.8. The van der Waals surface area contributed by atoms with Gasteiger partial charge in [-0.25, -0.2) is 17.9 Å². The van der Waals surface area contributed by atoms with Crippen molar-refractivity contribution in [1.29, 1.82) is 0 Å². The summed E-state index contributed by atoms with van der Waals surface area (Å²) in [5.41, 5.74) is 0.727. The van der Waals surface area contributed by atoms with E-state index in [9.17, 15) is 18.0 Å². The number of carbonyl (C=O) groups is 1. The fraction of sp³-hybridized carbons (Fsp3) is 0.556. The highest BCUT2D eigenvalue weighted by Crippen LogP contribution is 2.20. The zero-order valence-corrected chi connectivity index (χ0v) is 16.4. The van der Waals surface area contributed by atoms with Crippen LogP contribution in [0.5, 0.6) is 0 Å². The van der Waals surface area contributed by atoms with E-state index in [1.54, 1.807) is 7.05 Å². The van der Waals surface area contributed by atoms with E-state index in [2.05, 4.69) is 11.6 Å². The Bertz CT molecular complexity index is 992. The number of piperidine rings is 1. The molecule has 0 aliphatic carbocycles. The summed E-state index contributed by atoms with van der Waals surface area (Å²) in [6.07, 6.45) is 4.18. The van der Waals surface area contributed by atoms with Gasteiger partial charge in [0.15, 0.2) is 5.58 Å². The molecule has 2 aromatic rings. The van der Waals surface area contributed by atoms with Crippen molar-refractivity contribution >= 4 is 27.0 Å². The minimum atomic E-state index is -3.79. The van der Waals surface area contributed by atoms with Crippen molar-refractivity contribution in [3.63, 3.8) is 0 Å². The summed E-state index contributed by atoms with van der Waals surface area (Å²) in [5, 5.41) is 0. The predicted octanol–water partition coefficient (Wildman–Crippen LogP) is 1.59. The van der Waals surface area contributed by atoms with Gasteiger partial charge in [-0.1, -0.05) is 6.92 Å². The fourth-order valence-corrected chi connectivity index (χ4v) is 4.60. The van der Waals surface area contributed by atoms with Crippen LogP contribution in [0.1, 0.15) is 39.0 Å². The van der Waals surface area contributed by atoms with Crippen LogP contribution in [-0.4, -0.2) is 42.9 Å². The Morgan fingerprint density at radius 3 is 2.85 bits per heavy atom. The van der Waals surface area contributed by atoms with E-state index in [0.717, 1.165) is 32.2 Å². The van der Waals surface area contributed by atoms with Crippen molar-refractivity contribution in [3.05, 3.63) is 28.7 Å². The number of fused-ring (bicyclic) bond motifs is 1. The van der Waals surface area contributed by atoms with E-state index in [4.69, 9.17) is 4.42 Å². The van der Waals surface area contributed by atoms with Crippen LogP contribution in [0.3, 0.4) is 0 Å². The smallest absolute Gasteiger partial charge is 0.408 e. The number of likely N-dealkylation sites (tertiary alicyclic amines) is 1. The molecule has 0 unspecified atom stereocenters. The molecule has 27 heavy (non-hydrogen) atoms. The molecule has 1 fully saturated rings. The van der Waals surface area contributed by atoms with Crippen LogP contribution in [0.15, 0.2) is 32.3 Å². The molecular formula is C18H25N3O5S. The lowest BCUT2D eigenvalue weighted by Gasteiger charge is -2.35. The first-order valence-corrected chi connectivity index (χ1v) is 10.7. The molecule has 1 aliphatic heterocycles. The van der Waals surface area contributed by atoms with Gasteiger partial charge in [-0.15, -0.1) is 0 Å². The largest absolute Gasteiger partial charge is 0.419 e. The van der Waals surface area contributed by atoms with E-state index in [1.807, 2.05) is 4.90 Å². The number of hydrogen-bond acceptors (Lipinski definition) is 5. The monoisotopic (exact) mass is 395 g/mol. The van der Waals surface area contributed by atoms with Gasteiger partial charge in [0.25, 0.3) is 0 Å². The summed E-state index contributed by atoms with van der Waals surface area (Å²) in [7, 11) is -2.24. The molecule has 0 bridgehead atoms. The molecule has 0 spiro atoms. The molecule has 1 aromatic heterocycles. The lowest BCUT2D eigenvalue weighted by molar-refractivity contribution is -0.134. The van der Waals surface area contributed by atoms with Crippen LogP contribution in [0, 0.1) is 0 Å². The first-order chi connectivity index (χ1) is 12.8. The van der Waals surface area contributed by atoms with Crippen LogP contribution in [0.4, 0.5) is 0 Å². The molecule has 1 aliphatic rings. The zero-order valence-electron chi connectivity index (χ0n) is 15.6. The van der Waals surface area contributed by atoms with Gasteiger partial charge in [-0.2, -0.15) is 0 Å². The van der Waals surface area contributed by atoms with Crippen LogP contribution < -0.4 is 10.5 Å². The van der Waals surface area contributed by atoms with E-state index in [0.29, 0.717) is 5.52 Å². The van der Waals surface area contributed by atoms with Crippen molar-refractivity contribution in [2.45, 2.75) is 50.0 Å². The maximum atomic E-state index is 12.5. The third-order valence-corrected chi connectivity index (χ3v) is 6.58. The third-order valence-electron chi connectivity index (χ3n) is 5.12. The van der Waals surface area contributed by atoms with Gasteiger partial charge < -0.3 is 9.32 Å². The molecule has 1 atom stereocenters. The summed E-state index contributed by atoms with van der Waals surface area (Å²) >= 11 is 0. The lowest BCUT2D eigenvalue weighted by atomic mass is 9.99. The van der Waals surface area contributed by atoms with Gasteiger partial charge in [-0.3, -0.25) is 9.36 Å². The molecule has 0 saturated carbocycles. The molecule has 9 heteroatoms. The number of amides is 1. The van der Waals surface area contributed by atoms with E-state index < -0.39 is 15.8 Å². The van der Waals surface area contributed by atoms with E-state index >= 15 is 0 Å².